The zero-order valence-corrected chi connectivity index (χ0v) is 25.9. The van der Waals surface area contributed by atoms with Crippen LogP contribution in [0.25, 0.3) is 0 Å². The summed E-state index contributed by atoms with van der Waals surface area (Å²) in [6, 6.07) is -0.960. The first-order chi connectivity index (χ1) is 18.3. The fourth-order valence-electron chi connectivity index (χ4n) is 5.10. The SMILES string of the molecule is CCCCCCCCCCCCCCCCCCC(O)C(CS(=O)(=O)O)NC(=O)CCCCCCCCC. The molecule has 0 spiro atoms. The topological polar surface area (TPSA) is 104 Å². The maximum absolute atomic E-state index is 12.3. The van der Waals surface area contributed by atoms with Crippen molar-refractivity contribution in [1.82, 2.24) is 5.32 Å². The van der Waals surface area contributed by atoms with Crippen molar-refractivity contribution < 1.29 is 22.9 Å². The van der Waals surface area contributed by atoms with Gasteiger partial charge in [-0.25, -0.2) is 0 Å². The number of carbonyl (C=O) groups excluding carboxylic acids is 1. The summed E-state index contributed by atoms with van der Waals surface area (Å²) in [4.78, 5) is 12.3. The van der Waals surface area contributed by atoms with Gasteiger partial charge in [-0.3, -0.25) is 9.35 Å². The third kappa shape index (κ3) is 26.9. The molecule has 228 valence electrons. The Morgan fingerprint density at radius 1 is 0.605 bits per heavy atom. The molecule has 0 aliphatic heterocycles. The average molecular weight is 562 g/mol. The lowest BCUT2D eigenvalue weighted by molar-refractivity contribution is -0.122. The lowest BCUT2D eigenvalue weighted by atomic mass is 10.0. The number of aliphatic hydroxyl groups is 1. The van der Waals surface area contributed by atoms with Crippen LogP contribution in [0.15, 0.2) is 0 Å². The van der Waals surface area contributed by atoms with E-state index in [2.05, 4.69) is 19.2 Å². The first-order valence-electron chi connectivity index (χ1n) is 16.2. The van der Waals surface area contributed by atoms with E-state index in [1.54, 1.807) is 0 Å². The van der Waals surface area contributed by atoms with E-state index in [1.165, 1.54) is 109 Å². The van der Waals surface area contributed by atoms with Crippen LogP contribution in [0, 0.1) is 0 Å². The van der Waals surface area contributed by atoms with E-state index in [9.17, 15) is 22.9 Å². The van der Waals surface area contributed by atoms with Gasteiger partial charge >= 0.3 is 0 Å². The molecule has 0 aliphatic rings. The summed E-state index contributed by atoms with van der Waals surface area (Å²) in [7, 11) is -4.29. The second-order valence-corrected chi connectivity index (χ2v) is 13.0. The molecule has 3 N–H and O–H groups in total. The largest absolute Gasteiger partial charge is 0.391 e. The molecule has 0 aromatic rings. The van der Waals surface area contributed by atoms with Crippen molar-refractivity contribution in [3.8, 4) is 0 Å². The predicted molar refractivity (Wildman–Crippen MR) is 161 cm³/mol. The van der Waals surface area contributed by atoms with Crippen molar-refractivity contribution >= 4 is 16.0 Å². The summed E-state index contributed by atoms with van der Waals surface area (Å²) < 4.78 is 32.1. The highest BCUT2D eigenvalue weighted by atomic mass is 32.2. The lowest BCUT2D eigenvalue weighted by Crippen LogP contribution is -2.47. The van der Waals surface area contributed by atoms with Crippen LogP contribution in [-0.2, 0) is 14.9 Å². The Kier molecular flexibility index (Phi) is 26.1. The summed E-state index contributed by atoms with van der Waals surface area (Å²) in [6.45, 7) is 4.44. The van der Waals surface area contributed by atoms with Crippen molar-refractivity contribution in [2.24, 2.45) is 0 Å². The molecular weight excluding hydrogens is 498 g/mol. The molecule has 0 heterocycles. The minimum Gasteiger partial charge on any atom is -0.391 e. The van der Waals surface area contributed by atoms with E-state index in [0.717, 1.165) is 38.5 Å². The number of amides is 1. The fraction of sp³-hybridized carbons (Fsp3) is 0.968. The van der Waals surface area contributed by atoms with Gasteiger partial charge in [0.1, 0.15) is 0 Å². The molecule has 7 heteroatoms. The van der Waals surface area contributed by atoms with Gasteiger partial charge in [-0.1, -0.05) is 155 Å². The number of aliphatic hydroxyl groups excluding tert-OH is 1. The van der Waals surface area contributed by atoms with Gasteiger partial charge in [-0.05, 0) is 12.8 Å². The Labute approximate surface area is 236 Å². The Hall–Kier alpha value is -0.660. The molecular formula is C31H63NO5S. The summed E-state index contributed by atoms with van der Waals surface area (Å²) in [5.74, 6) is -0.895. The first kappa shape index (κ1) is 37.3. The van der Waals surface area contributed by atoms with Crippen LogP contribution in [0.5, 0.6) is 0 Å². The quantitative estimate of drug-likeness (QED) is 0.0627. The molecule has 1 amide bonds. The number of unbranched alkanes of at least 4 members (excludes halogenated alkanes) is 21. The maximum atomic E-state index is 12.3. The van der Waals surface area contributed by atoms with Crippen LogP contribution in [0.3, 0.4) is 0 Å². The van der Waals surface area contributed by atoms with Crippen molar-refractivity contribution in [2.45, 2.75) is 187 Å². The summed E-state index contributed by atoms with van der Waals surface area (Å²) >= 11 is 0. The van der Waals surface area contributed by atoms with E-state index in [-0.39, 0.29) is 5.91 Å². The van der Waals surface area contributed by atoms with Gasteiger partial charge in [0.15, 0.2) is 0 Å². The second kappa shape index (κ2) is 26.6. The Morgan fingerprint density at radius 3 is 1.32 bits per heavy atom. The smallest absolute Gasteiger partial charge is 0.266 e. The second-order valence-electron chi connectivity index (χ2n) is 11.5. The molecule has 0 aromatic heterocycles. The number of nitrogens with one attached hydrogen (secondary N) is 1. The third-order valence-electron chi connectivity index (χ3n) is 7.56. The third-order valence-corrected chi connectivity index (χ3v) is 8.34. The Balaban J connectivity index is 3.88. The summed E-state index contributed by atoms with van der Waals surface area (Å²) in [6.07, 6.45) is 27.8. The minimum atomic E-state index is -4.29. The Morgan fingerprint density at radius 2 is 0.947 bits per heavy atom. The number of rotatable bonds is 29. The first-order valence-corrected chi connectivity index (χ1v) is 17.8. The number of carbonyl (C=O) groups is 1. The average Bonchev–Trinajstić information content (AvgIpc) is 2.86. The van der Waals surface area contributed by atoms with E-state index in [1.807, 2.05) is 0 Å². The fourth-order valence-corrected chi connectivity index (χ4v) is 5.86. The molecule has 0 saturated heterocycles. The highest BCUT2D eigenvalue weighted by molar-refractivity contribution is 7.85. The highest BCUT2D eigenvalue weighted by Crippen LogP contribution is 2.15. The van der Waals surface area contributed by atoms with Gasteiger partial charge in [0.05, 0.1) is 17.9 Å². The van der Waals surface area contributed by atoms with Crippen LogP contribution >= 0.6 is 0 Å². The van der Waals surface area contributed by atoms with Crippen molar-refractivity contribution in [2.75, 3.05) is 5.75 Å². The molecule has 6 nitrogen and oxygen atoms in total. The molecule has 0 bridgehead atoms. The zero-order valence-electron chi connectivity index (χ0n) is 25.1. The van der Waals surface area contributed by atoms with Crippen LogP contribution in [0.4, 0.5) is 0 Å². The van der Waals surface area contributed by atoms with Crippen LogP contribution in [0.2, 0.25) is 0 Å². The van der Waals surface area contributed by atoms with Crippen molar-refractivity contribution in [1.29, 1.82) is 0 Å². The molecule has 2 atom stereocenters. The summed E-state index contributed by atoms with van der Waals surface area (Å²) in [5, 5.41) is 13.2. The highest BCUT2D eigenvalue weighted by Gasteiger charge is 2.26. The Bertz CT molecular complexity index is 626. The molecule has 0 aromatic carbocycles. The van der Waals surface area contributed by atoms with E-state index in [0.29, 0.717) is 12.8 Å². The van der Waals surface area contributed by atoms with E-state index in [4.69, 9.17) is 0 Å². The van der Waals surface area contributed by atoms with Crippen LogP contribution in [-0.4, -0.2) is 41.9 Å². The molecule has 0 rings (SSSR count). The van der Waals surface area contributed by atoms with Gasteiger partial charge in [-0.2, -0.15) is 8.42 Å². The van der Waals surface area contributed by atoms with Crippen molar-refractivity contribution in [3.63, 3.8) is 0 Å². The maximum Gasteiger partial charge on any atom is 0.266 e. The van der Waals surface area contributed by atoms with E-state index < -0.39 is 28.0 Å². The number of hydrogen-bond acceptors (Lipinski definition) is 4. The molecule has 0 aliphatic carbocycles. The van der Waals surface area contributed by atoms with Gasteiger partial charge < -0.3 is 10.4 Å². The minimum absolute atomic E-state index is 0.252. The molecule has 0 radical (unpaired) electrons. The molecule has 0 fully saturated rings. The van der Waals surface area contributed by atoms with Crippen LogP contribution in [0.1, 0.15) is 174 Å². The molecule has 0 saturated carbocycles. The van der Waals surface area contributed by atoms with Crippen LogP contribution < -0.4 is 5.32 Å². The summed E-state index contributed by atoms with van der Waals surface area (Å²) in [5.41, 5.74) is 0. The monoisotopic (exact) mass is 561 g/mol. The number of hydrogen-bond donors (Lipinski definition) is 3. The lowest BCUT2D eigenvalue weighted by Gasteiger charge is -2.23. The predicted octanol–water partition coefficient (Wildman–Crippen LogP) is 8.51. The van der Waals surface area contributed by atoms with Gasteiger partial charge in [0.25, 0.3) is 10.1 Å². The standard InChI is InChI=1S/C31H63NO5S/c1-3-5-7-9-11-12-13-14-15-16-17-18-19-21-22-24-26-30(33)29(28-38(35,36)37)32-31(34)27-25-23-20-10-8-6-4-2/h29-30,33H,3-28H2,1-2H3,(H,32,34)(H,35,36,37). The van der Waals surface area contributed by atoms with Crippen molar-refractivity contribution in [3.05, 3.63) is 0 Å². The molecule has 38 heavy (non-hydrogen) atoms. The van der Waals surface area contributed by atoms with E-state index >= 15 is 0 Å². The zero-order chi connectivity index (χ0) is 28.3. The molecule has 2 unspecified atom stereocenters. The normalized spacial score (nSPS) is 13.5. The van der Waals surface area contributed by atoms with Gasteiger partial charge in [0, 0.05) is 6.42 Å². The van der Waals surface area contributed by atoms with Gasteiger partial charge in [0.2, 0.25) is 5.91 Å². The van der Waals surface area contributed by atoms with Gasteiger partial charge in [-0.15, -0.1) is 0 Å².